The molecule has 2 unspecified atom stereocenters. The van der Waals surface area contributed by atoms with Crippen LogP contribution in [0.15, 0.2) is 122 Å². The lowest BCUT2D eigenvalue weighted by Gasteiger charge is -2.22. The Morgan fingerprint density at radius 2 is 0.579 bits per heavy atom. The number of aliphatic hydroxyl groups excluding tert-OH is 2. The normalized spacial score (nSPS) is 13.6. The molecule has 3 N–H and O–H groups in total. The third-order valence-corrected chi connectivity index (χ3v) is 14.5. The van der Waals surface area contributed by atoms with Gasteiger partial charge in [-0.25, -0.2) is 0 Å². The lowest BCUT2D eigenvalue weighted by molar-refractivity contribution is -0.123. The molecule has 4 heteroatoms. The number of carbonyl (C=O) groups is 1. The van der Waals surface area contributed by atoms with Gasteiger partial charge in [0.15, 0.2) is 0 Å². The second kappa shape index (κ2) is 66.1. The van der Waals surface area contributed by atoms with E-state index in [0.29, 0.717) is 12.8 Å². The second-order valence-corrected chi connectivity index (χ2v) is 21.8. The number of hydrogen-bond donors (Lipinski definition) is 3. The third-order valence-electron chi connectivity index (χ3n) is 14.5. The minimum Gasteiger partial charge on any atom is -0.394 e. The largest absolute Gasteiger partial charge is 0.394 e. The summed E-state index contributed by atoms with van der Waals surface area (Å²) in [6.45, 7) is 4.26. The van der Waals surface area contributed by atoms with Gasteiger partial charge in [-0.1, -0.05) is 334 Å². The van der Waals surface area contributed by atoms with E-state index in [9.17, 15) is 15.0 Å². The van der Waals surface area contributed by atoms with E-state index in [1.54, 1.807) is 0 Å². The summed E-state index contributed by atoms with van der Waals surface area (Å²) >= 11 is 0. The van der Waals surface area contributed by atoms with Crippen molar-refractivity contribution in [2.45, 2.75) is 321 Å². The number of hydrogen-bond acceptors (Lipinski definition) is 3. The first-order valence-corrected chi connectivity index (χ1v) is 32.7. The molecule has 0 aromatic rings. The molecular formula is C72H125NO3. The Bertz CT molecular complexity index is 1470. The van der Waals surface area contributed by atoms with Crippen molar-refractivity contribution >= 4 is 5.91 Å². The molecular weight excluding hydrogens is 927 g/mol. The van der Waals surface area contributed by atoms with Crippen LogP contribution in [0.25, 0.3) is 0 Å². The highest BCUT2D eigenvalue weighted by Gasteiger charge is 2.20. The van der Waals surface area contributed by atoms with Crippen molar-refractivity contribution in [1.82, 2.24) is 5.32 Å². The molecule has 0 aromatic carbocycles. The maximum absolute atomic E-state index is 12.5. The summed E-state index contributed by atoms with van der Waals surface area (Å²) in [5.74, 6) is -0.0471. The standard InChI is InChI=1S/C72H125NO3/c1-3-5-7-9-11-13-15-17-19-21-23-25-27-29-31-32-33-34-35-36-37-38-39-40-42-44-46-48-50-52-54-56-58-60-62-64-66-68-72(76)73-70(69-74)71(75)67-65-63-61-59-57-55-53-51-49-47-45-43-41-30-28-26-24-22-20-18-16-14-12-10-8-6-4-2/h5,7,11,13,17,19,23,25,29,31,33-34,36-37,39-40,44,46,50,52,70-71,74-75H,3-4,6,8-10,12,14-16,18,20-22,24,26-28,30,32,35,38,41-43,45,47-49,51,53-69H2,1-2H3,(H,73,76)/b7-5-,13-11-,19-17-,25-23-,31-29-,34-33-,37-36-,40-39-,46-44-,52-50-. The minimum atomic E-state index is -0.676. The number of carbonyl (C=O) groups excluding carboxylic acids is 1. The van der Waals surface area contributed by atoms with Gasteiger partial charge >= 0.3 is 0 Å². The van der Waals surface area contributed by atoms with Gasteiger partial charge in [-0.3, -0.25) is 4.79 Å². The molecule has 0 radical (unpaired) electrons. The quantitative estimate of drug-likeness (QED) is 0.0420. The molecule has 0 aliphatic carbocycles. The van der Waals surface area contributed by atoms with E-state index in [4.69, 9.17) is 0 Å². The van der Waals surface area contributed by atoms with Gasteiger partial charge in [0.25, 0.3) is 0 Å². The van der Waals surface area contributed by atoms with E-state index in [0.717, 1.165) is 103 Å². The highest BCUT2D eigenvalue weighted by Crippen LogP contribution is 2.17. The molecule has 0 saturated heterocycles. The van der Waals surface area contributed by atoms with Crippen LogP contribution in [-0.2, 0) is 4.79 Å². The van der Waals surface area contributed by atoms with Crippen molar-refractivity contribution in [3.05, 3.63) is 122 Å². The van der Waals surface area contributed by atoms with Gasteiger partial charge in [-0.15, -0.1) is 0 Å². The van der Waals surface area contributed by atoms with Gasteiger partial charge in [0.05, 0.1) is 18.8 Å². The smallest absolute Gasteiger partial charge is 0.220 e. The third kappa shape index (κ3) is 61.6. The van der Waals surface area contributed by atoms with Crippen LogP contribution in [-0.4, -0.2) is 34.9 Å². The first kappa shape index (κ1) is 72.8. The summed E-state index contributed by atoms with van der Waals surface area (Å²) in [6, 6.07) is -0.555. The molecule has 0 spiro atoms. The number of allylic oxidation sites excluding steroid dienone is 20. The van der Waals surface area contributed by atoms with Crippen LogP contribution in [0.5, 0.6) is 0 Å². The Balaban J connectivity index is 3.57. The molecule has 76 heavy (non-hydrogen) atoms. The van der Waals surface area contributed by atoms with Crippen LogP contribution in [0.4, 0.5) is 0 Å². The molecule has 0 rings (SSSR count). The van der Waals surface area contributed by atoms with E-state index in [1.165, 1.54) is 180 Å². The number of nitrogens with one attached hydrogen (secondary N) is 1. The SMILES string of the molecule is CC/C=C\C/C=C\C/C=C\C/C=C\C/C=C\C/C=C\C/C=C\C/C=C\C/C=C\C/C=C\CCCCCCCCC(=O)NC(CO)C(O)CCCCCCCCCCCCCCCCCCCCCCCCCCCCC. The average Bonchev–Trinajstić information content (AvgIpc) is 3.42. The highest BCUT2D eigenvalue weighted by atomic mass is 16.3. The van der Waals surface area contributed by atoms with E-state index in [1.807, 2.05) is 0 Å². The number of aliphatic hydroxyl groups is 2. The summed E-state index contributed by atoms with van der Waals surface area (Å²) in [5, 5.41) is 23.4. The van der Waals surface area contributed by atoms with Crippen LogP contribution in [0.2, 0.25) is 0 Å². The summed E-state index contributed by atoms with van der Waals surface area (Å²) in [4.78, 5) is 12.5. The van der Waals surface area contributed by atoms with Crippen molar-refractivity contribution in [3.8, 4) is 0 Å². The van der Waals surface area contributed by atoms with E-state index in [-0.39, 0.29) is 12.5 Å². The van der Waals surface area contributed by atoms with E-state index < -0.39 is 12.1 Å². The van der Waals surface area contributed by atoms with Crippen LogP contribution < -0.4 is 5.32 Å². The van der Waals surface area contributed by atoms with Gasteiger partial charge < -0.3 is 15.5 Å². The molecule has 436 valence electrons. The summed E-state index contributed by atoms with van der Waals surface area (Å²) in [5.41, 5.74) is 0. The monoisotopic (exact) mass is 1050 g/mol. The maximum Gasteiger partial charge on any atom is 0.220 e. The number of amides is 1. The zero-order chi connectivity index (χ0) is 54.8. The van der Waals surface area contributed by atoms with Crippen LogP contribution in [0.3, 0.4) is 0 Å². The summed E-state index contributed by atoms with van der Waals surface area (Å²) < 4.78 is 0. The Morgan fingerprint density at radius 3 is 0.868 bits per heavy atom. The van der Waals surface area contributed by atoms with Gasteiger partial charge in [0, 0.05) is 6.42 Å². The fourth-order valence-electron chi connectivity index (χ4n) is 9.57. The van der Waals surface area contributed by atoms with Crippen molar-refractivity contribution in [1.29, 1.82) is 0 Å². The summed E-state index contributed by atoms with van der Waals surface area (Å²) in [6.07, 6.45) is 101. The average molecular weight is 1050 g/mol. The molecule has 0 aromatic heterocycles. The molecule has 0 saturated carbocycles. The Hall–Kier alpha value is -3.21. The Morgan fingerprint density at radius 1 is 0.329 bits per heavy atom. The lowest BCUT2D eigenvalue weighted by atomic mass is 10.0. The molecule has 0 heterocycles. The number of rotatable bonds is 59. The predicted molar refractivity (Wildman–Crippen MR) is 340 cm³/mol. The molecule has 0 bridgehead atoms. The first-order chi connectivity index (χ1) is 37.7. The molecule has 0 aliphatic heterocycles. The molecule has 0 aliphatic rings. The minimum absolute atomic E-state index is 0.0471. The molecule has 0 fully saturated rings. The first-order valence-electron chi connectivity index (χ1n) is 32.7. The van der Waals surface area contributed by atoms with E-state index in [2.05, 4.69) is 141 Å². The highest BCUT2D eigenvalue weighted by molar-refractivity contribution is 5.76. The van der Waals surface area contributed by atoms with Crippen LogP contribution in [0, 0.1) is 0 Å². The Kier molecular flexibility index (Phi) is 63.3. The predicted octanol–water partition coefficient (Wildman–Crippen LogP) is 22.4. The molecule has 4 nitrogen and oxygen atoms in total. The lowest BCUT2D eigenvalue weighted by Crippen LogP contribution is -2.45. The molecule has 2 atom stereocenters. The maximum atomic E-state index is 12.5. The van der Waals surface area contributed by atoms with Gasteiger partial charge in [-0.05, 0) is 89.9 Å². The fraction of sp³-hybridized carbons (Fsp3) is 0.708. The molecule has 1 amide bonds. The van der Waals surface area contributed by atoms with Gasteiger partial charge in [-0.2, -0.15) is 0 Å². The van der Waals surface area contributed by atoms with Gasteiger partial charge in [0.1, 0.15) is 0 Å². The van der Waals surface area contributed by atoms with E-state index >= 15 is 0 Å². The van der Waals surface area contributed by atoms with Crippen molar-refractivity contribution in [3.63, 3.8) is 0 Å². The second-order valence-electron chi connectivity index (χ2n) is 21.8. The van der Waals surface area contributed by atoms with Crippen LogP contribution in [0.1, 0.15) is 309 Å². The van der Waals surface area contributed by atoms with Crippen LogP contribution >= 0.6 is 0 Å². The van der Waals surface area contributed by atoms with Gasteiger partial charge in [0.2, 0.25) is 5.91 Å². The fourth-order valence-corrected chi connectivity index (χ4v) is 9.57. The summed E-state index contributed by atoms with van der Waals surface area (Å²) in [7, 11) is 0. The van der Waals surface area contributed by atoms with Crippen molar-refractivity contribution in [2.75, 3.05) is 6.61 Å². The zero-order valence-corrected chi connectivity index (χ0v) is 50.2. The Labute approximate surface area is 473 Å². The van der Waals surface area contributed by atoms with Crippen molar-refractivity contribution < 1.29 is 15.0 Å². The van der Waals surface area contributed by atoms with Crippen molar-refractivity contribution in [2.24, 2.45) is 0 Å². The zero-order valence-electron chi connectivity index (χ0n) is 50.2. The topological polar surface area (TPSA) is 69.6 Å². The number of unbranched alkanes of at least 4 members (excludes halogenated alkanes) is 32.